The Morgan fingerprint density at radius 1 is 0.246 bits per heavy atom. The highest BCUT2D eigenvalue weighted by molar-refractivity contribution is 5.98. The standard InChI is InChI=1S/C66H43N3/c1-3-25-54(26-4-1)66(55-27-5-2-6-28-55)60-33-12-11-30-58(60)62-59(32-16-34-61(62)66)65-68-63(67-64(69-65)53-24-14-22-51(43-53)57-31-15-20-47-18-9-10-29-56(47)57)52-23-13-21-49(42-52)45-35-37-46(38-36-45)50-40-39-44-17-7-8-19-48(44)41-50/h1-43H. The maximum atomic E-state index is 5.46. The van der Waals surface area contributed by atoms with Crippen LogP contribution in [0, 0.1) is 0 Å². The lowest BCUT2D eigenvalue weighted by Crippen LogP contribution is -2.28. The van der Waals surface area contributed by atoms with E-state index in [9.17, 15) is 0 Å². The third kappa shape index (κ3) is 6.86. The molecule has 1 aliphatic rings. The highest BCUT2D eigenvalue weighted by Gasteiger charge is 2.47. The van der Waals surface area contributed by atoms with Crippen molar-refractivity contribution in [2.24, 2.45) is 0 Å². The molecule has 1 aliphatic carbocycles. The van der Waals surface area contributed by atoms with E-state index in [-0.39, 0.29) is 0 Å². The maximum absolute atomic E-state index is 5.46. The zero-order valence-electron chi connectivity index (χ0n) is 37.7. The van der Waals surface area contributed by atoms with Gasteiger partial charge < -0.3 is 0 Å². The molecule has 0 bridgehead atoms. The number of hydrogen-bond donors (Lipinski definition) is 0. The van der Waals surface area contributed by atoms with Gasteiger partial charge in [0.05, 0.1) is 5.41 Å². The van der Waals surface area contributed by atoms with Crippen molar-refractivity contribution in [3.05, 3.63) is 283 Å². The minimum atomic E-state index is -0.561. The molecular formula is C66H43N3. The Morgan fingerprint density at radius 2 is 0.710 bits per heavy atom. The molecule has 0 aliphatic heterocycles. The molecule has 0 amide bonds. The molecule has 3 nitrogen and oxygen atoms in total. The Hall–Kier alpha value is -9.05. The van der Waals surface area contributed by atoms with Gasteiger partial charge in [0, 0.05) is 16.7 Å². The average molecular weight is 878 g/mol. The number of fused-ring (bicyclic) bond motifs is 5. The van der Waals surface area contributed by atoms with Crippen molar-refractivity contribution in [2.45, 2.75) is 5.41 Å². The van der Waals surface area contributed by atoms with Crippen LogP contribution in [0.25, 0.3) is 100 Å². The van der Waals surface area contributed by atoms with Crippen LogP contribution in [0.5, 0.6) is 0 Å². The molecule has 1 aromatic heterocycles. The van der Waals surface area contributed by atoms with Gasteiger partial charge in [0.15, 0.2) is 17.5 Å². The molecule has 0 unspecified atom stereocenters. The predicted octanol–water partition coefficient (Wildman–Crippen LogP) is 16.5. The molecule has 1 heterocycles. The average Bonchev–Trinajstić information content (AvgIpc) is 3.74. The van der Waals surface area contributed by atoms with E-state index in [1.807, 2.05) is 0 Å². The third-order valence-electron chi connectivity index (χ3n) is 14.0. The van der Waals surface area contributed by atoms with Gasteiger partial charge in [0.2, 0.25) is 0 Å². The van der Waals surface area contributed by atoms with E-state index in [2.05, 4.69) is 261 Å². The molecule has 322 valence electrons. The van der Waals surface area contributed by atoms with Crippen LogP contribution in [0.2, 0.25) is 0 Å². The summed E-state index contributed by atoms with van der Waals surface area (Å²) in [5.41, 5.74) is 16.3. The molecule has 0 N–H and O–H groups in total. The fraction of sp³-hybridized carbons (Fsp3) is 0.0152. The summed E-state index contributed by atoms with van der Waals surface area (Å²) < 4.78 is 0. The van der Waals surface area contributed by atoms with Gasteiger partial charge in [-0.25, -0.2) is 15.0 Å². The topological polar surface area (TPSA) is 38.7 Å². The first kappa shape index (κ1) is 40.2. The second-order valence-electron chi connectivity index (χ2n) is 17.9. The lowest BCUT2D eigenvalue weighted by molar-refractivity contribution is 0.768. The van der Waals surface area contributed by atoms with Crippen molar-refractivity contribution >= 4 is 21.5 Å². The summed E-state index contributed by atoms with van der Waals surface area (Å²) in [5.74, 6) is 1.85. The van der Waals surface area contributed by atoms with Crippen molar-refractivity contribution in [3.63, 3.8) is 0 Å². The van der Waals surface area contributed by atoms with E-state index in [4.69, 9.17) is 15.0 Å². The molecule has 0 spiro atoms. The summed E-state index contributed by atoms with van der Waals surface area (Å²) in [4.78, 5) is 16.3. The summed E-state index contributed by atoms with van der Waals surface area (Å²) in [6.07, 6.45) is 0. The summed E-state index contributed by atoms with van der Waals surface area (Å²) in [6, 6.07) is 93.7. The van der Waals surface area contributed by atoms with Gasteiger partial charge in [-0.05, 0) is 107 Å². The van der Waals surface area contributed by atoms with Crippen LogP contribution in [0.4, 0.5) is 0 Å². The summed E-state index contributed by atoms with van der Waals surface area (Å²) in [6.45, 7) is 0. The molecular weight excluding hydrogens is 835 g/mol. The Bertz CT molecular complexity index is 3850. The molecule has 11 aromatic carbocycles. The first-order valence-electron chi connectivity index (χ1n) is 23.6. The van der Waals surface area contributed by atoms with Gasteiger partial charge in [-0.2, -0.15) is 0 Å². The van der Waals surface area contributed by atoms with Gasteiger partial charge in [0.1, 0.15) is 0 Å². The fourth-order valence-electron chi connectivity index (χ4n) is 10.8. The molecule has 0 atom stereocenters. The Balaban J connectivity index is 0.988. The molecule has 13 rings (SSSR count). The van der Waals surface area contributed by atoms with Gasteiger partial charge >= 0.3 is 0 Å². The first-order chi connectivity index (χ1) is 34.2. The Kier molecular flexibility index (Phi) is 9.73. The lowest BCUT2D eigenvalue weighted by Gasteiger charge is -2.33. The minimum Gasteiger partial charge on any atom is -0.208 e. The number of benzene rings is 11. The highest BCUT2D eigenvalue weighted by atomic mass is 15.0. The van der Waals surface area contributed by atoms with Crippen LogP contribution in [0.3, 0.4) is 0 Å². The molecule has 12 aromatic rings. The van der Waals surface area contributed by atoms with E-state index in [1.54, 1.807) is 0 Å². The molecule has 0 saturated heterocycles. The largest absolute Gasteiger partial charge is 0.208 e. The van der Waals surface area contributed by atoms with Crippen LogP contribution >= 0.6 is 0 Å². The zero-order chi connectivity index (χ0) is 45.7. The van der Waals surface area contributed by atoms with Gasteiger partial charge in [-0.15, -0.1) is 0 Å². The lowest BCUT2D eigenvalue weighted by atomic mass is 9.67. The smallest absolute Gasteiger partial charge is 0.164 e. The quantitative estimate of drug-likeness (QED) is 0.153. The summed E-state index contributed by atoms with van der Waals surface area (Å²) >= 11 is 0. The predicted molar refractivity (Wildman–Crippen MR) is 285 cm³/mol. The maximum Gasteiger partial charge on any atom is 0.164 e. The molecule has 0 radical (unpaired) electrons. The van der Waals surface area contributed by atoms with Crippen LogP contribution in [-0.4, -0.2) is 15.0 Å². The first-order valence-corrected chi connectivity index (χ1v) is 23.6. The van der Waals surface area contributed by atoms with Crippen molar-refractivity contribution < 1.29 is 0 Å². The number of aromatic nitrogens is 3. The van der Waals surface area contributed by atoms with Gasteiger partial charge in [-0.1, -0.05) is 243 Å². The van der Waals surface area contributed by atoms with Gasteiger partial charge in [0.25, 0.3) is 0 Å². The number of nitrogens with zero attached hydrogens (tertiary/aromatic N) is 3. The minimum absolute atomic E-state index is 0.561. The molecule has 0 saturated carbocycles. The Morgan fingerprint density at radius 3 is 1.43 bits per heavy atom. The van der Waals surface area contributed by atoms with Crippen molar-refractivity contribution in [1.82, 2.24) is 15.0 Å². The second kappa shape index (κ2) is 16.7. The van der Waals surface area contributed by atoms with Crippen LogP contribution in [0.15, 0.2) is 261 Å². The molecule has 69 heavy (non-hydrogen) atoms. The van der Waals surface area contributed by atoms with Crippen molar-refractivity contribution in [1.29, 1.82) is 0 Å². The summed E-state index contributed by atoms with van der Waals surface area (Å²) in [5, 5.41) is 4.88. The number of rotatable bonds is 8. The van der Waals surface area contributed by atoms with E-state index >= 15 is 0 Å². The monoisotopic (exact) mass is 877 g/mol. The highest BCUT2D eigenvalue weighted by Crippen LogP contribution is 2.58. The van der Waals surface area contributed by atoms with Crippen LogP contribution < -0.4 is 0 Å². The molecule has 3 heteroatoms. The van der Waals surface area contributed by atoms with E-state index in [1.165, 1.54) is 66.1 Å². The number of hydrogen-bond acceptors (Lipinski definition) is 3. The normalized spacial score (nSPS) is 12.5. The van der Waals surface area contributed by atoms with Crippen molar-refractivity contribution in [3.8, 4) is 78.7 Å². The van der Waals surface area contributed by atoms with Crippen LogP contribution in [-0.2, 0) is 5.41 Å². The fourth-order valence-corrected chi connectivity index (χ4v) is 10.8. The van der Waals surface area contributed by atoms with E-state index < -0.39 is 5.41 Å². The van der Waals surface area contributed by atoms with Crippen molar-refractivity contribution in [2.75, 3.05) is 0 Å². The third-order valence-corrected chi connectivity index (χ3v) is 14.0. The van der Waals surface area contributed by atoms with E-state index in [0.29, 0.717) is 17.5 Å². The molecule has 0 fully saturated rings. The van der Waals surface area contributed by atoms with E-state index in [0.717, 1.165) is 38.9 Å². The SMILES string of the molecule is c1ccc(C2(c3ccccc3)c3ccccc3-c3c(-c4nc(-c5cccc(-c6ccc(-c7ccc8ccccc8c7)cc6)c5)nc(-c5cccc(-c6cccc7ccccc67)c5)n4)cccc32)cc1. The second-order valence-corrected chi connectivity index (χ2v) is 17.9. The zero-order valence-corrected chi connectivity index (χ0v) is 37.7. The summed E-state index contributed by atoms with van der Waals surface area (Å²) in [7, 11) is 0. The Labute approximate surface area is 401 Å². The van der Waals surface area contributed by atoms with Gasteiger partial charge in [-0.3, -0.25) is 0 Å². The van der Waals surface area contributed by atoms with Crippen LogP contribution in [0.1, 0.15) is 22.3 Å².